The highest BCUT2D eigenvalue weighted by Crippen LogP contribution is 2.23. The first-order chi connectivity index (χ1) is 15.5. The standard InChI is InChI=1S/C24H30N6O2/c1-16-6-7-20(17(2)14-16)30-22(31)19-15-25-23(26-21(19)27-24(30)32)29-12-8-18(9-13-29)28-10-4-3-5-11-28/h6-7,14-15,18H,3-5,8-13H2,1-2H3,(H,25,26,27,32). The van der Waals surface area contributed by atoms with Gasteiger partial charge < -0.3 is 9.80 Å². The first kappa shape index (κ1) is 20.9. The van der Waals surface area contributed by atoms with E-state index in [9.17, 15) is 9.59 Å². The molecule has 1 N–H and O–H groups in total. The van der Waals surface area contributed by atoms with Crippen LogP contribution in [-0.4, -0.2) is 56.6 Å². The van der Waals surface area contributed by atoms with Crippen LogP contribution in [0, 0.1) is 13.8 Å². The molecule has 1 aromatic carbocycles. The zero-order chi connectivity index (χ0) is 22.2. The molecule has 3 aromatic rings. The van der Waals surface area contributed by atoms with Crippen molar-refractivity contribution < 1.29 is 0 Å². The van der Waals surface area contributed by atoms with Crippen LogP contribution in [0.4, 0.5) is 5.95 Å². The van der Waals surface area contributed by atoms with Gasteiger partial charge in [0.2, 0.25) is 5.95 Å². The van der Waals surface area contributed by atoms with E-state index in [1.807, 2.05) is 26.0 Å². The molecule has 8 nitrogen and oxygen atoms in total. The largest absolute Gasteiger partial charge is 0.341 e. The number of hydrogen-bond donors (Lipinski definition) is 1. The number of rotatable bonds is 3. The van der Waals surface area contributed by atoms with Gasteiger partial charge in [0.1, 0.15) is 5.39 Å². The van der Waals surface area contributed by atoms with Gasteiger partial charge in [-0.1, -0.05) is 24.1 Å². The Bertz CT molecular complexity index is 1250. The molecule has 2 aliphatic heterocycles. The number of nitrogens with zero attached hydrogens (tertiary/aromatic N) is 5. The number of benzene rings is 1. The molecule has 0 amide bonds. The van der Waals surface area contributed by atoms with Crippen molar-refractivity contribution in [2.24, 2.45) is 0 Å². The number of nitrogens with one attached hydrogen (secondary N) is 1. The number of aromatic nitrogens is 4. The quantitative estimate of drug-likeness (QED) is 0.682. The summed E-state index contributed by atoms with van der Waals surface area (Å²) in [6.07, 6.45) is 7.69. The molecule has 2 aliphatic rings. The Labute approximate surface area is 186 Å². The average molecular weight is 435 g/mol. The van der Waals surface area contributed by atoms with Crippen LogP contribution in [0.25, 0.3) is 16.7 Å². The normalized spacial score (nSPS) is 18.4. The SMILES string of the molecule is Cc1ccc(-n2c(=O)[nH]c3nc(N4CCC(N5CCCCC5)CC4)ncc3c2=O)c(C)c1. The molecule has 0 bridgehead atoms. The Morgan fingerprint density at radius 3 is 2.47 bits per heavy atom. The summed E-state index contributed by atoms with van der Waals surface area (Å²) in [5.41, 5.74) is 1.94. The molecule has 0 radical (unpaired) electrons. The second-order valence-electron chi connectivity index (χ2n) is 9.11. The molecular formula is C24H30N6O2. The van der Waals surface area contributed by atoms with Gasteiger partial charge in [0.15, 0.2) is 5.65 Å². The number of likely N-dealkylation sites (tertiary alicyclic amines) is 1. The van der Waals surface area contributed by atoms with E-state index in [0.29, 0.717) is 28.7 Å². The van der Waals surface area contributed by atoms with Crippen molar-refractivity contribution in [1.29, 1.82) is 0 Å². The van der Waals surface area contributed by atoms with Gasteiger partial charge in [0.25, 0.3) is 5.56 Å². The molecule has 2 saturated heterocycles. The molecule has 4 heterocycles. The minimum absolute atomic E-state index is 0.296. The van der Waals surface area contributed by atoms with Crippen LogP contribution in [0.15, 0.2) is 34.0 Å². The Hall–Kier alpha value is -3.00. The lowest BCUT2D eigenvalue weighted by Crippen LogP contribution is -2.47. The number of H-pyrrole nitrogens is 1. The van der Waals surface area contributed by atoms with Crippen molar-refractivity contribution in [2.75, 3.05) is 31.1 Å². The van der Waals surface area contributed by atoms with Crippen molar-refractivity contribution in [1.82, 2.24) is 24.4 Å². The molecule has 2 aromatic heterocycles. The summed E-state index contributed by atoms with van der Waals surface area (Å²) in [6.45, 7) is 8.07. The van der Waals surface area contributed by atoms with Gasteiger partial charge >= 0.3 is 5.69 Å². The topological polar surface area (TPSA) is 87.1 Å². The third kappa shape index (κ3) is 3.83. The lowest BCUT2D eigenvalue weighted by Gasteiger charge is -2.40. The number of piperidine rings is 2. The Balaban J connectivity index is 1.42. The number of hydrogen-bond acceptors (Lipinski definition) is 6. The summed E-state index contributed by atoms with van der Waals surface area (Å²) in [5.74, 6) is 0.578. The fourth-order valence-corrected chi connectivity index (χ4v) is 5.14. The van der Waals surface area contributed by atoms with E-state index < -0.39 is 11.2 Å². The summed E-state index contributed by atoms with van der Waals surface area (Å²) in [6, 6.07) is 6.29. The summed E-state index contributed by atoms with van der Waals surface area (Å²) in [7, 11) is 0. The minimum atomic E-state index is -0.483. The summed E-state index contributed by atoms with van der Waals surface area (Å²) in [4.78, 5) is 42.6. The predicted molar refractivity (Wildman–Crippen MR) is 126 cm³/mol. The lowest BCUT2D eigenvalue weighted by atomic mass is 10.0. The van der Waals surface area contributed by atoms with Crippen LogP contribution in [0.5, 0.6) is 0 Å². The molecule has 2 fully saturated rings. The zero-order valence-electron chi connectivity index (χ0n) is 18.8. The third-order valence-electron chi connectivity index (χ3n) is 6.89. The van der Waals surface area contributed by atoms with Crippen LogP contribution in [-0.2, 0) is 0 Å². The van der Waals surface area contributed by atoms with Crippen molar-refractivity contribution in [3.8, 4) is 5.69 Å². The second kappa shape index (κ2) is 8.50. The molecule has 0 atom stereocenters. The second-order valence-corrected chi connectivity index (χ2v) is 9.11. The van der Waals surface area contributed by atoms with E-state index in [-0.39, 0.29) is 0 Å². The molecule has 0 saturated carbocycles. The van der Waals surface area contributed by atoms with E-state index in [2.05, 4.69) is 24.8 Å². The van der Waals surface area contributed by atoms with Gasteiger partial charge in [-0.25, -0.2) is 14.3 Å². The summed E-state index contributed by atoms with van der Waals surface area (Å²) in [5, 5.41) is 0.316. The molecule has 0 unspecified atom stereocenters. The Morgan fingerprint density at radius 1 is 1.00 bits per heavy atom. The maximum Gasteiger partial charge on any atom is 0.334 e. The van der Waals surface area contributed by atoms with E-state index in [4.69, 9.17) is 0 Å². The molecule has 0 spiro atoms. The Kier molecular flexibility index (Phi) is 5.55. The van der Waals surface area contributed by atoms with Gasteiger partial charge in [-0.3, -0.25) is 9.78 Å². The first-order valence-electron chi connectivity index (χ1n) is 11.6. The molecule has 5 rings (SSSR count). The van der Waals surface area contributed by atoms with Crippen LogP contribution >= 0.6 is 0 Å². The van der Waals surface area contributed by atoms with E-state index in [0.717, 1.165) is 37.1 Å². The summed E-state index contributed by atoms with van der Waals surface area (Å²) < 4.78 is 1.17. The fraction of sp³-hybridized carbons (Fsp3) is 0.500. The molecule has 168 valence electrons. The number of aryl methyl sites for hydroxylation is 2. The van der Waals surface area contributed by atoms with Crippen LogP contribution in [0.1, 0.15) is 43.2 Å². The lowest BCUT2D eigenvalue weighted by molar-refractivity contribution is 0.141. The predicted octanol–water partition coefficient (Wildman–Crippen LogP) is 2.54. The van der Waals surface area contributed by atoms with Crippen LogP contribution in [0.2, 0.25) is 0 Å². The minimum Gasteiger partial charge on any atom is -0.341 e. The van der Waals surface area contributed by atoms with E-state index >= 15 is 0 Å². The monoisotopic (exact) mass is 434 g/mol. The molecule has 0 aliphatic carbocycles. The molecular weight excluding hydrogens is 404 g/mol. The van der Waals surface area contributed by atoms with Crippen LogP contribution in [0.3, 0.4) is 0 Å². The smallest absolute Gasteiger partial charge is 0.334 e. The number of fused-ring (bicyclic) bond motifs is 1. The van der Waals surface area contributed by atoms with E-state index in [1.165, 1.54) is 36.9 Å². The van der Waals surface area contributed by atoms with Crippen LogP contribution < -0.4 is 16.1 Å². The van der Waals surface area contributed by atoms with Crippen molar-refractivity contribution in [2.45, 2.75) is 52.0 Å². The number of aromatic amines is 1. The van der Waals surface area contributed by atoms with Gasteiger partial charge in [0.05, 0.1) is 5.69 Å². The van der Waals surface area contributed by atoms with Gasteiger partial charge in [-0.2, -0.15) is 4.98 Å². The van der Waals surface area contributed by atoms with Gasteiger partial charge in [0, 0.05) is 25.3 Å². The highest BCUT2D eigenvalue weighted by atomic mass is 16.2. The average Bonchev–Trinajstić information content (AvgIpc) is 2.81. The number of anilines is 1. The maximum absolute atomic E-state index is 13.1. The zero-order valence-corrected chi connectivity index (χ0v) is 18.8. The van der Waals surface area contributed by atoms with Crippen molar-refractivity contribution >= 4 is 17.0 Å². The molecule has 8 heteroatoms. The van der Waals surface area contributed by atoms with Crippen molar-refractivity contribution in [3.05, 3.63) is 56.4 Å². The highest BCUT2D eigenvalue weighted by Gasteiger charge is 2.27. The van der Waals surface area contributed by atoms with Gasteiger partial charge in [-0.05, 0) is 64.3 Å². The first-order valence-corrected chi connectivity index (χ1v) is 11.6. The molecule has 32 heavy (non-hydrogen) atoms. The Morgan fingerprint density at radius 2 is 1.75 bits per heavy atom. The summed E-state index contributed by atoms with van der Waals surface area (Å²) >= 11 is 0. The van der Waals surface area contributed by atoms with Crippen molar-refractivity contribution in [3.63, 3.8) is 0 Å². The van der Waals surface area contributed by atoms with E-state index in [1.54, 1.807) is 12.3 Å². The fourth-order valence-electron chi connectivity index (χ4n) is 5.14. The highest BCUT2D eigenvalue weighted by molar-refractivity contribution is 5.74. The maximum atomic E-state index is 13.1. The van der Waals surface area contributed by atoms with Gasteiger partial charge in [-0.15, -0.1) is 0 Å². The third-order valence-corrected chi connectivity index (χ3v) is 6.89.